The number of anilines is 1. The van der Waals surface area contributed by atoms with Crippen LogP contribution in [-0.4, -0.2) is 15.9 Å². The first-order valence-electron chi connectivity index (χ1n) is 7.03. The lowest BCUT2D eigenvalue weighted by molar-refractivity contribution is -0.113. The fraction of sp³-hybridized carbons (Fsp3) is 0. The number of rotatable bonds is 3. The van der Waals surface area contributed by atoms with Crippen molar-refractivity contribution in [2.45, 2.75) is 4.90 Å². The maximum Gasteiger partial charge on any atom is 0.274 e. The van der Waals surface area contributed by atoms with Gasteiger partial charge in [0, 0.05) is 14.7 Å². The number of halogens is 1. The van der Waals surface area contributed by atoms with Crippen LogP contribution >= 0.6 is 39.2 Å². The topological polar surface area (TPSA) is 69.8 Å². The smallest absolute Gasteiger partial charge is 0.274 e. The van der Waals surface area contributed by atoms with Gasteiger partial charge in [-0.3, -0.25) is 10.1 Å². The van der Waals surface area contributed by atoms with E-state index in [0.29, 0.717) is 11.6 Å². The van der Waals surface area contributed by atoms with Gasteiger partial charge in [-0.1, -0.05) is 18.2 Å². The van der Waals surface area contributed by atoms with Gasteiger partial charge in [-0.2, -0.15) is 0 Å². The number of nitrogens with zero attached hydrogens (tertiary/aromatic N) is 1. The third-order valence-corrected chi connectivity index (χ3v) is 6.01. The van der Waals surface area contributed by atoms with Crippen LogP contribution in [0.4, 0.5) is 5.95 Å². The number of carbonyl (C=O) groups is 1. The molecule has 24 heavy (non-hydrogen) atoms. The van der Waals surface area contributed by atoms with E-state index in [9.17, 15) is 4.79 Å². The van der Waals surface area contributed by atoms with Crippen LogP contribution in [0.1, 0.15) is 5.56 Å². The predicted molar refractivity (Wildman–Crippen MR) is 102 cm³/mol. The molecule has 3 aromatic rings. The minimum atomic E-state index is -0.231. The number of hydrogen-bond acceptors (Lipinski definition) is 5. The Morgan fingerprint density at radius 1 is 1.29 bits per heavy atom. The summed E-state index contributed by atoms with van der Waals surface area (Å²) in [7, 11) is 0. The summed E-state index contributed by atoms with van der Waals surface area (Å²) in [6, 6.07) is 9.92. The molecule has 0 spiro atoms. The summed E-state index contributed by atoms with van der Waals surface area (Å²) in [5.74, 6) is 0.191. The zero-order valence-electron chi connectivity index (χ0n) is 12.2. The van der Waals surface area contributed by atoms with Crippen LogP contribution in [0.3, 0.4) is 0 Å². The first-order valence-corrected chi connectivity index (χ1v) is 9.52. The van der Waals surface area contributed by atoms with E-state index in [1.807, 2.05) is 41.8 Å². The normalized spacial score (nSPS) is 13.0. The van der Waals surface area contributed by atoms with Gasteiger partial charge < -0.3 is 9.71 Å². The van der Waals surface area contributed by atoms with Crippen LogP contribution in [0.25, 0.3) is 16.6 Å². The molecule has 8 heteroatoms. The van der Waals surface area contributed by atoms with Gasteiger partial charge in [0.1, 0.15) is 5.70 Å². The molecule has 3 heterocycles. The molecule has 5 nitrogen and oxygen atoms in total. The highest BCUT2D eigenvalue weighted by Gasteiger charge is 2.17. The number of aromatic nitrogens is 2. The Balaban J connectivity index is 1.51. The van der Waals surface area contributed by atoms with E-state index in [4.69, 9.17) is 0 Å². The van der Waals surface area contributed by atoms with E-state index in [2.05, 4.69) is 35.9 Å². The van der Waals surface area contributed by atoms with Crippen molar-refractivity contribution < 1.29 is 4.79 Å². The molecule has 3 N–H and O–H groups in total. The number of aromatic amines is 1. The molecule has 0 atom stereocenters. The van der Waals surface area contributed by atoms with Crippen molar-refractivity contribution in [3.05, 3.63) is 57.6 Å². The summed E-state index contributed by atoms with van der Waals surface area (Å²) in [6.07, 6.45) is 3.54. The van der Waals surface area contributed by atoms with Crippen LogP contribution in [0.2, 0.25) is 0 Å². The second-order valence-corrected chi connectivity index (χ2v) is 7.70. The molecule has 4 rings (SSSR count). The Labute approximate surface area is 154 Å². The molecule has 1 aliphatic rings. The molecule has 0 unspecified atom stereocenters. The van der Waals surface area contributed by atoms with Crippen LogP contribution in [-0.2, 0) is 4.79 Å². The number of carbonyl (C=O) groups excluding carboxylic acids is 1. The van der Waals surface area contributed by atoms with Crippen LogP contribution < -0.4 is 10.0 Å². The van der Waals surface area contributed by atoms with E-state index >= 15 is 0 Å². The van der Waals surface area contributed by atoms with Crippen molar-refractivity contribution in [2.75, 3.05) is 5.32 Å². The highest BCUT2D eigenvalue weighted by molar-refractivity contribution is 9.10. The quantitative estimate of drug-likeness (QED) is 0.547. The van der Waals surface area contributed by atoms with Gasteiger partial charge in [0.2, 0.25) is 5.95 Å². The van der Waals surface area contributed by atoms with Crippen molar-refractivity contribution in [2.24, 2.45) is 0 Å². The van der Waals surface area contributed by atoms with Gasteiger partial charge >= 0.3 is 0 Å². The van der Waals surface area contributed by atoms with Crippen molar-refractivity contribution in [1.82, 2.24) is 14.7 Å². The van der Waals surface area contributed by atoms with E-state index < -0.39 is 0 Å². The minimum Gasteiger partial charge on any atom is -0.323 e. The Morgan fingerprint density at radius 3 is 3.00 bits per heavy atom. The number of imidazole rings is 1. The summed E-state index contributed by atoms with van der Waals surface area (Å²) >= 11 is 6.45. The molecule has 0 saturated carbocycles. The van der Waals surface area contributed by atoms with Crippen LogP contribution in [0, 0.1) is 0 Å². The summed E-state index contributed by atoms with van der Waals surface area (Å²) in [5.41, 5.74) is 2.39. The van der Waals surface area contributed by atoms with E-state index in [1.165, 1.54) is 11.9 Å². The molecular formula is C16H11BrN4OS2. The third kappa shape index (κ3) is 3.12. The van der Waals surface area contributed by atoms with Gasteiger partial charge in [-0.05, 0) is 51.7 Å². The average molecular weight is 419 g/mol. The standard InChI is InChI=1S/C16H11BrN4OS2/c17-10-6-14(23-8-10)12-7-18-16(19-12)20-15(22)11-5-9-3-1-2-4-13(9)24-21-11/h1-8,21H,(H2,18,19,20,22). The van der Waals surface area contributed by atoms with Gasteiger partial charge in [0.15, 0.2) is 0 Å². The van der Waals surface area contributed by atoms with Crippen molar-refractivity contribution in [3.8, 4) is 10.6 Å². The summed E-state index contributed by atoms with van der Waals surface area (Å²) < 4.78 is 4.08. The number of benzene rings is 1. The molecule has 0 aliphatic carbocycles. The Hall–Kier alpha value is -2.03. The van der Waals surface area contributed by atoms with Crippen molar-refractivity contribution in [3.63, 3.8) is 0 Å². The fourth-order valence-electron chi connectivity index (χ4n) is 2.24. The van der Waals surface area contributed by atoms with E-state index in [1.54, 1.807) is 17.5 Å². The number of hydrogen-bond donors (Lipinski definition) is 3. The molecule has 1 aromatic carbocycles. The number of amides is 1. The first kappa shape index (κ1) is 15.5. The molecule has 120 valence electrons. The second-order valence-electron chi connectivity index (χ2n) is 5.03. The highest BCUT2D eigenvalue weighted by atomic mass is 79.9. The Kier molecular flexibility index (Phi) is 4.17. The van der Waals surface area contributed by atoms with Crippen molar-refractivity contribution >= 4 is 57.1 Å². The predicted octanol–water partition coefficient (Wildman–Crippen LogP) is 4.49. The molecule has 1 aliphatic heterocycles. The molecule has 1 amide bonds. The SMILES string of the molecule is O=C(Nc1ncc(-c2cc(Br)cs2)[nH]1)C1=Cc2ccccc2SN1. The molecule has 0 radical (unpaired) electrons. The molecule has 0 fully saturated rings. The Morgan fingerprint density at radius 2 is 2.17 bits per heavy atom. The van der Waals surface area contributed by atoms with Gasteiger partial charge in [-0.25, -0.2) is 4.98 Å². The van der Waals surface area contributed by atoms with Gasteiger partial charge in [0.05, 0.1) is 16.8 Å². The number of thiophene rings is 1. The second kappa shape index (κ2) is 6.46. The third-order valence-electron chi connectivity index (χ3n) is 3.38. The lowest BCUT2D eigenvalue weighted by atomic mass is 10.2. The molecular weight excluding hydrogens is 408 g/mol. The minimum absolute atomic E-state index is 0.231. The Bertz CT molecular complexity index is 947. The molecule has 0 saturated heterocycles. The van der Waals surface area contributed by atoms with E-state index in [-0.39, 0.29) is 5.91 Å². The summed E-state index contributed by atoms with van der Waals surface area (Å²) in [4.78, 5) is 21.9. The number of fused-ring (bicyclic) bond motifs is 1. The highest BCUT2D eigenvalue weighted by Crippen LogP contribution is 2.30. The fourth-order valence-corrected chi connectivity index (χ4v) is 4.40. The average Bonchev–Trinajstić information content (AvgIpc) is 3.23. The maximum absolute atomic E-state index is 12.4. The number of nitrogens with one attached hydrogen (secondary N) is 3. The van der Waals surface area contributed by atoms with Gasteiger partial charge in [0.25, 0.3) is 5.91 Å². The zero-order valence-corrected chi connectivity index (χ0v) is 15.4. The summed E-state index contributed by atoms with van der Waals surface area (Å²) in [5, 5.41) is 4.78. The maximum atomic E-state index is 12.4. The van der Waals surface area contributed by atoms with Crippen LogP contribution in [0.15, 0.2) is 57.0 Å². The van der Waals surface area contributed by atoms with Gasteiger partial charge in [-0.15, -0.1) is 11.3 Å². The first-order chi connectivity index (χ1) is 11.7. The van der Waals surface area contributed by atoms with Crippen molar-refractivity contribution in [1.29, 1.82) is 0 Å². The molecule has 0 bridgehead atoms. The largest absolute Gasteiger partial charge is 0.323 e. The number of H-pyrrole nitrogens is 1. The zero-order chi connectivity index (χ0) is 16.5. The monoisotopic (exact) mass is 418 g/mol. The summed E-state index contributed by atoms with van der Waals surface area (Å²) in [6.45, 7) is 0. The lowest BCUT2D eigenvalue weighted by Crippen LogP contribution is -2.23. The lowest BCUT2D eigenvalue weighted by Gasteiger charge is -2.16. The van der Waals surface area contributed by atoms with Crippen LogP contribution in [0.5, 0.6) is 0 Å². The van der Waals surface area contributed by atoms with E-state index in [0.717, 1.165) is 25.5 Å². The molecule has 2 aromatic heterocycles.